The van der Waals surface area contributed by atoms with Crippen molar-refractivity contribution in [3.63, 3.8) is 0 Å². The summed E-state index contributed by atoms with van der Waals surface area (Å²) in [4.78, 5) is 6.27. The highest BCUT2D eigenvalue weighted by atomic mass is 19.3. The molecule has 0 aromatic carbocycles. The molecular formula is C13H23F2N3. The van der Waals surface area contributed by atoms with Crippen LogP contribution in [0.2, 0.25) is 0 Å². The summed E-state index contributed by atoms with van der Waals surface area (Å²) >= 11 is 0. The van der Waals surface area contributed by atoms with E-state index >= 15 is 0 Å². The Morgan fingerprint density at radius 2 is 2.06 bits per heavy atom. The third-order valence-electron chi connectivity index (χ3n) is 3.96. The second-order valence-corrected chi connectivity index (χ2v) is 5.71. The summed E-state index contributed by atoms with van der Waals surface area (Å²) in [7, 11) is 1.93. The summed E-state index contributed by atoms with van der Waals surface area (Å²) in [5, 5.41) is 0. The molecule has 2 aliphatic rings. The van der Waals surface area contributed by atoms with Gasteiger partial charge in [0.15, 0.2) is 5.96 Å². The van der Waals surface area contributed by atoms with E-state index in [0.717, 1.165) is 25.7 Å². The molecule has 2 saturated carbocycles. The van der Waals surface area contributed by atoms with Crippen molar-refractivity contribution in [3.05, 3.63) is 0 Å². The van der Waals surface area contributed by atoms with E-state index in [0.29, 0.717) is 25.0 Å². The minimum atomic E-state index is -2.51. The molecule has 104 valence electrons. The number of aliphatic imine (C=N–C) groups is 1. The van der Waals surface area contributed by atoms with Crippen molar-refractivity contribution in [2.24, 2.45) is 16.6 Å². The Kier molecular flexibility index (Phi) is 4.07. The smallest absolute Gasteiger partial charge is 0.248 e. The molecule has 5 heteroatoms. The lowest BCUT2D eigenvalue weighted by Gasteiger charge is -2.20. The molecule has 0 saturated heterocycles. The lowest BCUT2D eigenvalue weighted by Crippen LogP contribution is -2.36. The molecule has 3 nitrogen and oxygen atoms in total. The summed E-state index contributed by atoms with van der Waals surface area (Å²) in [5.41, 5.74) is 5.87. The lowest BCUT2D eigenvalue weighted by atomic mass is 9.99. The SMILES string of the molecule is CN(C(N)=NCC1CCCCC(F)(F)C1)C1CC1. The van der Waals surface area contributed by atoms with Gasteiger partial charge in [-0.25, -0.2) is 8.78 Å². The van der Waals surface area contributed by atoms with Gasteiger partial charge in [-0.15, -0.1) is 0 Å². The molecule has 0 bridgehead atoms. The molecule has 0 aromatic rings. The van der Waals surface area contributed by atoms with Crippen LogP contribution in [-0.4, -0.2) is 36.4 Å². The van der Waals surface area contributed by atoms with Crippen molar-refractivity contribution in [2.75, 3.05) is 13.6 Å². The number of halogens is 2. The van der Waals surface area contributed by atoms with Crippen LogP contribution in [0.3, 0.4) is 0 Å². The van der Waals surface area contributed by atoms with Gasteiger partial charge in [-0.1, -0.05) is 6.42 Å². The number of hydrogen-bond donors (Lipinski definition) is 1. The normalized spacial score (nSPS) is 28.8. The van der Waals surface area contributed by atoms with Gasteiger partial charge in [-0.2, -0.15) is 0 Å². The minimum Gasteiger partial charge on any atom is -0.370 e. The van der Waals surface area contributed by atoms with Gasteiger partial charge in [0.05, 0.1) is 0 Å². The Morgan fingerprint density at radius 1 is 1.33 bits per heavy atom. The maximum absolute atomic E-state index is 13.4. The zero-order chi connectivity index (χ0) is 13.2. The highest BCUT2D eigenvalue weighted by Crippen LogP contribution is 2.35. The van der Waals surface area contributed by atoms with E-state index in [1.807, 2.05) is 11.9 Å². The van der Waals surface area contributed by atoms with Gasteiger partial charge in [-0.05, 0) is 31.6 Å². The van der Waals surface area contributed by atoms with Crippen LogP contribution < -0.4 is 5.73 Å². The van der Waals surface area contributed by atoms with E-state index in [2.05, 4.69) is 4.99 Å². The average Bonchev–Trinajstić information content (AvgIpc) is 3.12. The third-order valence-corrected chi connectivity index (χ3v) is 3.96. The van der Waals surface area contributed by atoms with Crippen LogP contribution in [0.1, 0.15) is 44.9 Å². The number of rotatable bonds is 3. The van der Waals surface area contributed by atoms with Gasteiger partial charge >= 0.3 is 0 Å². The van der Waals surface area contributed by atoms with Crippen molar-refractivity contribution in [1.29, 1.82) is 0 Å². The fourth-order valence-corrected chi connectivity index (χ4v) is 2.58. The first-order valence-corrected chi connectivity index (χ1v) is 6.88. The number of hydrogen-bond acceptors (Lipinski definition) is 1. The number of alkyl halides is 2. The predicted octanol–water partition coefficient (Wildman–Crippen LogP) is 2.61. The molecular weight excluding hydrogens is 236 g/mol. The van der Waals surface area contributed by atoms with Crippen molar-refractivity contribution in [2.45, 2.75) is 56.9 Å². The van der Waals surface area contributed by atoms with E-state index in [9.17, 15) is 8.78 Å². The third kappa shape index (κ3) is 3.82. The molecule has 2 rings (SSSR count). The fourth-order valence-electron chi connectivity index (χ4n) is 2.58. The van der Waals surface area contributed by atoms with E-state index in [-0.39, 0.29) is 18.8 Å². The van der Waals surface area contributed by atoms with Crippen LogP contribution in [0.4, 0.5) is 8.78 Å². The molecule has 0 amide bonds. The minimum absolute atomic E-state index is 0.0198. The van der Waals surface area contributed by atoms with Gasteiger partial charge in [0.1, 0.15) is 0 Å². The molecule has 0 aromatic heterocycles. The van der Waals surface area contributed by atoms with Crippen molar-refractivity contribution >= 4 is 5.96 Å². The van der Waals surface area contributed by atoms with Gasteiger partial charge in [0.25, 0.3) is 0 Å². The Hall–Kier alpha value is -0.870. The quantitative estimate of drug-likeness (QED) is 0.481. The van der Waals surface area contributed by atoms with E-state index in [4.69, 9.17) is 5.73 Å². The zero-order valence-electron chi connectivity index (χ0n) is 11.0. The summed E-state index contributed by atoms with van der Waals surface area (Å²) in [6.07, 6.45) is 4.68. The molecule has 1 atom stereocenters. The molecule has 0 heterocycles. The maximum atomic E-state index is 13.4. The predicted molar refractivity (Wildman–Crippen MR) is 68.8 cm³/mol. The number of nitrogens with two attached hydrogens (primary N) is 1. The van der Waals surface area contributed by atoms with Crippen LogP contribution in [-0.2, 0) is 0 Å². The molecule has 0 radical (unpaired) electrons. The second kappa shape index (κ2) is 5.41. The first kappa shape index (κ1) is 13.6. The monoisotopic (exact) mass is 259 g/mol. The van der Waals surface area contributed by atoms with Crippen molar-refractivity contribution in [1.82, 2.24) is 4.90 Å². The van der Waals surface area contributed by atoms with Crippen molar-refractivity contribution < 1.29 is 8.78 Å². The first-order chi connectivity index (χ1) is 8.48. The molecule has 2 aliphatic carbocycles. The standard InChI is InChI=1S/C13H23F2N3/c1-18(11-5-6-11)12(16)17-9-10-4-2-3-7-13(14,15)8-10/h10-11H,2-9H2,1H3,(H2,16,17). The van der Waals surface area contributed by atoms with Crippen LogP contribution in [0, 0.1) is 5.92 Å². The van der Waals surface area contributed by atoms with E-state index in [1.165, 1.54) is 0 Å². The topological polar surface area (TPSA) is 41.6 Å². The zero-order valence-corrected chi connectivity index (χ0v) is 11.0. The molecule has 2 N–H and O–H groups in total. The summed E-state index contributed by atoms with van der Waals surface area (Å²) in [5.74, 6) is -2.02. The van der Waals surface area contributed by atoms with Gasteiger partial charge in [-0.3, -0.25) is 4.99 Å². The molecule has 1 unspecified atom stereocenters. The highest BCUT2D eigenvalue weighted by molar-refractivity contribution is 5.78. The second-order valence-electron chi connectivity index (χ2n) is 5.71. The summed E-state index contributed by atoms with van der Waals surface area (Å²) in [6, 6.07) is 0.518. The molecule has 0 spiro atoms. The Bertz CT molecular complexity index is 313. The fraction of sp³-hybridized carbons (Fsp3) is 0.923. The highest BCUT2D eigenvalue weighted by Gasteiger charge is 2.34. The van der Waals surface area contributed by atoms with Crippen LogP contribution in [0.5, 0.6) is 0 Å². The van der Waals surface area contributed by atoms with E-state index < -0.39 is 5.92 Å². The number of nitrogens with zero attached hydrogens (tertiary/aromatic N) is 2. The Labute approximate surface area is 107 Å². The maximum Gasteiger partial charge on any atom is 0.248 e. The van der Waals surface area contributed by atoms with E-state index in [1.54, 1.807) is 0 Å². The van der Waals surface area contributed by atoms with Gasteiger partial charge < -0.3 is 10.6 Å². The Balaban J connectivity index is 1.85. The first-order valence-electron chi connectivity index (χ1n) is 6.88. The Morgan fingerprint density at radius 3 is 2.72 bits per heavy atom. The van der Waals surface area contributed by atoms with Gasteiger partial charge in [0.2, 0.25) is 5.92 Å². The largest absolute Gasteiger partial charge is 0.370 e. The summed E-state index contributed by atoms with van der Waals surface area (Å²) < 4.78 is 26.9. The average molecular weight is 259 g/mol. The molecule has 2 fully saturated rings. The number of guanidine groups is 1. The molecule has 18 heavy (non-hydrogen) atoms. The lowest BCUT2D eigenvalue weighted by molar-refractivity contribution is -0.0241. The van der Waals surface area contributed by atoms with Crippen LogP contribution >= 0.6 is 0 Å². The van der Waals surface area contributed by atoms with Crippen molar-refractivity contribution in [3.8, 4) is 0 Å². The van der Waals surface area contributed by atoms with Crippen LogP contribution in [0.25, 0.3) is 0 Å². The van der Waals surface area contributed by atoms with Gasteiger partial charge in [0, 0.05) is 32.5 Å². The van der Waals surface area contributed by atoms with Crippen LogP contribution in [0.15, 0.2) is 4.99 Å². The molecule has 0 aliphatic heterocycles. The summed E-state index contributed by atoms with van der Waals surface area (Å²) in [6.45, 7) is 0.443.